The quantitative estimate of drug-likeness (QED) is 0.616. The van der Waals surface area contributed by atoms with Gasteiger partial charge in [0.1, 0.15) is 11.7 Å². The second-order valence-electron chi connectivity index (χ2n) is 3.20. The van der Waals surface area contributed by atoms with Crippen molar-refractivity contribution in [3.8, 4) is 12.3 Å². The van der Waals surface area contributed by atoms with Crippen molar-refractivity contribution in [2.45, 2.75) is 12.5 Å². The third-order valence-corrected chi connectivity index (χ3v) is 1.94. The lowest BCUT2D eigenvalue weighted by atomic mass is 10.2. The van der Waals surface area contributed by atoms with E-state index in [4.69, 9.17) is 11.5 Å². The SMILES string of the molecule is C#CCC(NC(=O)c1cccc(=O)[nH]1)C(=O)O. The van der Waals surface area contributed by atoms with Crippen molar-refractivity contribution in [3.05, 3.63) is 34.2 Å². The molecule has 1 rings (SSSR count). The highest BCUT2D eigenvalue weighted by Gasteiger charge is 2.19. The third kappa shape index (κ3) is 3.50. The highest BCUT2D eigenvalue weighted by atomic mass is 16.4. The molecule has 0 spiro atoms. The maximum absolute atomic E-state index is 11.6. The van der Waals surface area contributed by atoms with Crippen LogP contribution in [0.5, 0.6) is 0 Å². The summed E-state index contributed by atoms with van der Waals surface area (Å²) in [5.41, 5.74) is -0.456. The van der Waals surface area contributed by atoms with Crippen LogP contribution in [0.25, 0.3) is 0 Å². The summed E-state index contributed by atoms with van der Waals surface area (Å²) >= 11 is 0. The molecule has 0 aromatic carbocycles. The Balaban J connectivity index is 2.81. The average Bonchev–Trinajstić information content (AvgIpc) is 2.28. The number of carbonyl (C=O) groups is 2. The van der Waals surface area contributed by atoms with Gasteiger partial charge in [0, 0.05) is 12.5 Å². The monoisotopic (exact) mass is 234 g/mol. The predicted octanol–water partition coefficient (Wildman–Crippen LogP) is -0.419. The second-order valence-corrected chi connectivity index (χ2v) is 3.20. The van der Waals surface area contributed by atoms with Gasteiger partial charge in [0.2, 0.25) is 5.56 Å². The summed E-state index contributed by atoms with van der Waals surface area (Å²) < 4.78 is 0. The molecule has 1 amide bonds. The number of aliphatic carboxylic acids is 1. The summed E-state index contributed by atoms with van der Waals surface area (Å²) in [5, 5.41) is 11.0. The summed E-state index contributed by atoms with van der Waals surface area (Å²) in [6.07, 6.45) is 4.86. The van der Waals surface area contributed by atoms with E-state index >= 15 is 0 Å². The van der Waals surface area contributed by atoms with Crippen molar-refractivity contribution in [2.24, 2.45) is 0 Å². The van der Waals surface area contributed by atoms with Gasteiger partial charge in [0.25, 0.3) is 5.91 Å². The first-order valence-electron chi connectivity index (χ1n) is 4.71. The minimum atomic E-state index is -1.23. The Morgan fingerprint density at radius 3 is 2.76 bits per heavy atom. The van der Waals surface area contributed by atoms with Crippen molar-refractivity contribution in [3.63, 3.8) is 0 Å². The lowest BCUT2D eigenvalue weighted by Gasteiger charge is -2.11. The molecule has 1 aromatic heterocycles. The zero-order valence-electron chi connectivity index (χ0n) is 8.77. The number of rotatable bonds is 4. The number of terminal acetylenes is 1. The van der Waals surface area contributed by atoms with E-state index in [0.29, 0.717) is 0 Å². The molecule has 1 aromatic rings. The van der Waals surface area contributed by atoms with Crippen LogP contribution in [0, 0.1) is 12.3 Å². The number of amides is 1. The fraction of sp³-hybridized carbons (Fsp3) is 0.182. The minimum Gasteiger partial charge on any atom is -0.480 e. The van der Waals surface area contributed by atoms with Crippen LogP contribution in [-0.4, -0.2) is 28.0 Å². The molecule has 1 atom stereocenters. The molecule has 0 aliphatic carbocycles. The number of hydrogen-bond donors (Lipinski definition) is 3. The molecule has 0 saturated heterocycles. The molecule has 1 unspecified atom stereocenters. The Kier molecular flexibility index (Phi) is 4.06. The fourth-order valence-corrected chi connectivity index (χ4v) is 1.13. The molecule has 0 fully saturated rings. The van der Waals surface area contributed by atoms with E-state index in [9.17, 15) is 14.4 Å². The smallest absolute Gasteiger partial charge is 0.327 e. The van der Waals surface area contributed by atoms with Crippen LogP contribution < -0.4 is 10.9 Å². The molecular formula is C11H10N2O4. The van der Waals surface area contributed by atoms with Gasteiger partial charge in [0.05, 0.1) is 0 Å². The lowest BCUT2D eigenvalue weighted by Crippen LogP contribution is -2.41. The third-order valence-electron chi connectivity index (χ3n) is 1.94. The number of aromatic amines is 1. The zero-order chi connectivity index (χ0) is 12.8. The van der Waals surface area contributed by atoms with Gasteiger partial charge in [-0.15, -0.1) is 12.3 Å². The van der Waals surface area contributed by atoms with Crippen molar-refractivity contribution >= 4 is 11.9 Å². The van der Waals surface area contributed by atoms with E-state index in [2.05, 4.69) is 16.2 Å². The zero-order valence-corrected chi connectivity index (χ0v) is 8.77. The Hall–Kier alpha value is -2.55. The van der Waals surface area contributed by atoms with Crippen LogP contribution in [0.1, 0.15) is 16.9 Å². The van der Waals surface area contributed by atoms with Crippen molar-refractivity contribution in [1.82, 2.24) is 10.3 Å². The largest absolute Gasteiger partial charge is 0.480 e. The van der Waals surface area contributed by atoms with Crippen LogP contribution in [0.3, 0.4) is 0 Å². The Bertz CT molecular complexity index is 527. The maximum Gasteiger partial charge on any atom is 0.327 e. The van der Waals surface area contributed by atoms with Gasteiger partial charge in [0.15, 0.2) is 0 Å². The molecule has 0 aliphatic heterocycles. The molecule has 0 radical (unpaired) electrons. The van der Waals surface area contributed by atoms with Crippen LogP contribution in [-0.2, 0) is 4.79 Å². The number of pyridine rings is 1. The predicted molar refractivity (Wildman–Crippen MR) is 59.4 cm³/mol. The van der Waals surface area contributed by atoms with Crippen LogP contribution in [0.15, 0.2) is 23.0 Å². The Morgan fingerprint density at radius 2 is 2.24 bits per heavy atom. The van der Waals surface area contributed by atoms with Gasteiger partial charge in [-0.1, -0.05) is 6.07 Å². The van der Waals surface area contributed by atoms with Gasteiger partial charge in [-0.2, -0.15) is 0 Å². The van der Waals surface area contributed by atoms with Gasteiger partial charge >= 0.3 is 5.97 Å². The average molecular weight is 234 g/mol. The molecule has 0 aliphatic rings. The summed E-state index contributed by atoms with van der Waals surface area (Å²) in [5.74, 6) is 0.233. The second kappa shape index (κ2) is 5.51. The molecular weight excluding hydrogens is 224 g/mol. The molecule has 88 valence electrons. The first kappa shape index (κ1) is 12.5. The molecule has 0 bridgehead atoms. The van der Waals surface area contributed by atoms with E-state index in [-0.39, 0.29) is 12.1 Å². The molecule has 6 nitrogen and oxygen atoms in total. The van der Waals surface area contributed by atoms with Crippen LogP contribution in [0.4, 0.5) is 0 Å². The van der Waals surface area contributed by atoms with E-state index in [1.165, 1.54) is 18.2 Å². The fourth-order valence-electron chi connectivity index (χ4n) is 1.13. The Morgan fingerprint density at radius 1 is 1.53 bits per heavy atom. The topological polar surface area (TPSA) is 99.3 Å². The van der Waals surface area contributed by atoms with Crippen LogP contribution >= 0.6 is 0 Å². The lowest BCUT2D eigenvalue weighted by molar-refractivity contribution is -0.139. The number of carboxylic acids is 1. The van der Waals surface area contributed by atoms with Gasteiger partial charge < -0.3 is 15.4 Å². The maximum atomic E-state index is 11.6. The normalized spacial score (nSPS) is 11.2. The van der Waals surface area contributed by atoms with Gasteiger partial charge in [-0.25, -0.2) is 4.79 Å². The number of aromatic nitrogens is 1. The first-order chi connectivity index (χ1) is 8.04. The summed E-state index contributed by atoms with van der Waals surface area (Å²) in [6.45, 7) is 0. The number of nitrogens with one attached hydrogen (secondary N) is 2. The molecule has 3 N–H and O–H groups in total. The van der Waals surface area contributed by atoms with Gasteiger partial charge in [-0.05, 0) is 6.07 Å². The van der Waals surface area contributed by atoms with Crippen LogP contribution in [0.2, 0.25) is 0 Å². The van der Waals surface area contributed by atoms with Crippen molar-refractivity contribution < 1.29 is 14.7 Å². The number of hydrogen-bond acceptors (Lipinski definition) is 3. The summed E-state index contributed by atoms with van der Waals surface area (Å²) in [6, 6.07) is 2.83. The van der Waals surface area contributed by atoms with E-state index in [0.717, 1.165) is 0 Å². The summed E-state index contributed by atoms with van der Waals surface area (Å²) in [7, 11) is 0. The first-order valence-corrected chi connectivity index (χ1v) is 4.71. The van der Waals surface area contributed by atoms with Crippen molar-refractivity contribution in [2.75, 3.05) is 0 Å². The van der Waals surface area contributed by atoms with E-state index in [1.54, 1.807) is 0 Å². The number of H-pyrrole nitrogens is 1. The number of carboxylic acid groups (broad SMARTS) is 1. The molecule has 0 saturated carbocycles. The molecule has 17 heavy (non-hydrogen) atoms. The highest BCUT2D eigenvalue weighted by molar-refractivity contribution is 5.94. The number of carbonyl (C=O) groups excluding carboxylic acids is 1. The van der Waals surface area contributed by atoms with Crippen molar-refractivity contribution in [1.29, 1.82) is 0 Å². The molecule has 6 heteroatoms. The Labute approximate surface area is 96.7 Å². The standard InChI is InChI=1S/C11H10N2O4/c1-2-4-8(11(16)17)13-10(15)7-5-3-6-9(14)12-7/h1,3,5-6,8H,4H2,(H,12,14)(H,13,15)(H,16,17). The highest BCUT2D eigenvalue weighted by Crippen LogP contribution is 1.95. The minimum absolute atomic E-state index is 0.0132. The summed E-state index contributed by atoms with van der Waals surface area (Å²) in [4.78, 5) is 35.6. The molecule has 1 heterocycles. The van der Waals surface area contributed by atoms with E-state index in [1.807, 2.05) is 0 Å². The van der Waals surface area contributed by atoms with E-state index < -0.39 is 23.5 Å². The van der Waals surface area contributed by atoms with Gasteiger partial charge in [-0.3, -0.25) is 9.59 Å².